The molecule has 0 radical (unpaired) electrons. The molecule has 1 aromatic carbocycles. The van der Waals surface area contributed by atoms with Crippen LogP contribution < -0.4 is 10.5 Å². The van der Waals surface area contributed by atoms with Gasteiger partial charge in [-0.25, -0.2) is 0 Å². The molecule has 1 aliphatic carbocycles. The van der Waals surface area contributed by atoms with E-state index in [1.165, 1.54) is 11.1 Å². The molecule has 3 heteroatoms. The Balaban J connectivity index is 2.06. The summed E-state index contributed by atoms with van der Waals surface area (Å²) in [6.45, 7) is 1.10. The number of nitrogens with zero attached hydrogens (tertiary/aromatic N) is 1. The number of benzene rings is 1. The van der Waals surface area contributed by atoms with Gasteiger partial charge in [0.15, 0.2) is 0 Å². The number of fused-ring (bicyclic) bond motifs is 1. The van der Waals surface area contributed by atoms with E-state index >= 15 is 0 Å². The molecule has 92 valence electrons. The van der Waals surface area contributed by atoms with E-state index in [4.69, 9.17) is 10.5 Å². The summed E-state index contributed by atoms with van der Waals surface area (Å²) in [6, 6.07) is 6.78. The van der Waals surface area contributed by atoms with Gasteiger partial charge >= 0.3 is 0 Å². The fourth-order valence-corrected chi connectivity index (χ4v) is 3.01. The predicted octanol–water partition coefficient (Wildman–Crippen LogP) is 1.72. The number of nitrogens with two attached hydrogens (primary N) is 1. The Morgan fingerprint density at radius 3 is 2.82 bits per heavy atom. The highest BCUT2D eigenvalue weighted by Gasteiger charge is 2.49. The SMILES string of the molecule is COc1ccc2c(c1)C(C1(N)CC1)N(C)CC2. The average Bonchev–Trinajstić information content (AvgIpc) is 3.06. The highest BCUT2D eigenvalue weighted by molar-refractivity contribution is 5.42. The number of hydrogen-bond acceptors (Lipinski definition) is 3. The fourth-order valence-electron chi connectivity index (χ4n) is 3.01. The lowest BCUT2D eigenvalue weighted by Crippen LogP contribution is -2.44. The minimum absolute atomic E-state index is 0.00369. The topological polar surface area (TPSA) is 38.5 Å². The Kier molecular flexibility index (Phi) is 2.42. The first kappa shape index (κ1) is 11.1. The van der Waals surface area contributed by atoms with Gasteiger partial charge in [0, 0.05) is 12.1 Å². The van der Waals surface area contributed by atoms with Crippen LogP contribution in [0, 0.1) is 0 Å². The zero-order valence-corrected chi connectivity index (χ0v) is 10.6. The maximum atomic E-state index is 6.44. The first-order valence-electron chi connectivity index (χ1n) is 6.30. The van der Waals surface area contributed by atoms with Gasteiger partial charge in [0.25, 0.3) is 0 Å². The minimum Gasteiger partial charge on any atom is -0.497 e. The Bertz CT molecular complexity index is 440. The molecule has 1 heterocycles. The molecule has 2 aliphatic rings. The zero-order chi connectivity index (χ0) is 12.0. The van der Waals surface area contributed by atoms with Crippen molar-refractivity contribution < 1.29 is 4.74 Å². The summed E-state index contributed by atoms with van der Waals surface area (Å²) in [4.78, 5) is 2.40. The lowest BCUT2D eigenvalue weighted by Gasteiger charge is -2.38. The van der Waals surface area contributed by atoms with Gasteiger partial charge in [0.05, 0.1) is 13.2 Å². The first-order chi connectivity index (χ1) is 8.14. The molecule has 3 nitrogen and oxygen atoms in total. The van der Waals surface area contributed by atoms with Crippen LogP contribution >= 0.6 is 0 Å². The van der Waals surface area contributed by atoms with Crippen molar-refractivity contribution >= 4 is 0 Å². The van der Waals surface area contributed by atoms with Gasteiger partial charge in [-0.15, -0.1) is 0 Å². The Hall–Kier alpha value is -1.06. The average molecular weight is 232 g/mol. The molecule has 1 fully saturated rings. The highest BCUT2D eigenvalue weighted by Crippen LogP contribution is 2.49. The summed E-state index contributed by atoms with van der Waals surface area (Å²) >= 11 is 0. The molecule has 3 rings (SSSR count). The van der Waals surface area contributed by atoms with E-state index in [1.807, 2.05) is 0 Å². The Morgan fingerprint density at radius 1 is 1.41 bits per heavy atom. The third-order valence-electron chi connectivity index (χ3n) is 4.19. The van der Waals surface area contributed by atoms with Crippen molar-refractivity contribution in [3.8, 4) is 5.75 Å². The van der Waals surface area contributed by atoms with Crippen LogP contribution in [-0.2, 0) is 6.42 Å². The van der Waals surface area contributed by atoms with Gasteiger partial charge in [0.1, 0.15) is 5.75 Å². The van der Waals surface area contributed by atoms with E-state index in [9.17, 15) is 0 Å². The summed E-state index contributed by atoms with van der Waals surface area (Å²) in [5.41, 5.74) is 9.24. The van der Waals surface area contributed by atoms with Crippen molar-refractivity contribution in [2.75, 3.05) is 20.7 Å². The first-order valence-corrected chi connectivity index (χ1v) is 6.30. The molecule has 1 saturated carbocycles. The van der Waals surface area contributed by atoms with Gasteiger partial charge < -0.3 is 10.5 Å². The molecule has 1 aromatic rings. The van der Waals surface area contributed by atoms with Gasteiger partial charge in [-0.1, -0.05) is 6.07 Å². The maximum absolute atomic E-state index is 6.44. The molecule has 1 aliphatic heterocycles. The Labute approximate surface area is 103 Å². The van der Waals surface area contributed by atoms with Crippen LogP contribution in [0.3, 0.4) is 0 Å². The standard InChI is InChI=1S/C14H20N2O/c1-16-8-5-10-3-4-11(17-2)9-12(10)13(16)14(15)6-7-14/h3-4,9,13H,5-8,15H2,1-2H3. The minimum atomic E-state index is -0.00369. The van der Waals surface area contributed by atoms with Gasteiger partial charge in [-0.2, -0.15) is 0 Å². The molecular weight excluding hydrogens is 212 g/mol. The molecule has 1 unspecified atom stereocenters. The smallest absolute Gasteiger partial charge is 0.119 e. The van der Waals surface area contributed by atoms with Crippen LogP contribution in [-0.4, -0.2) is 31.1 Å². The third kappa shape index (κ3) is 1.74. The van der Waals surface area contributed by atoms with Crippen LogP contribution in [0.1, 0.15) is 30.0 Å². The molecule has 0 amide bonds. The maximum Gasteiger partial charge on any atom is 0.119 e. The van der Waals surface area contributed by atoms with E-state index in [2.05, 4.69) is 30.1 Å². The van der Waals surface area contributed by atoms with Gasteiger partial charge in [0.2, 0.25) is 0 Å². The largest absolute Gasteiger partial charge is 0.497 e. The monoisotopic (exact) mass is 232 g/mol. The third-order valence-corrected chi connectivity index (χ3v) is 4.19. The summed E-state index contributed by atoms with van der Waals surface area (Å²) in [6.07, 6.45) is 3.39. The molecular formula is C14H20N2O. The molecule has 0 aromatic heterocycles. The van der Waals surface area contributed by atoms with Crippen molar-refractivity contribution in [3.63, 3.8) is 0 Å². The second-order valence-corrected chi connectivity index (χ2v) is 5.43. The molecule has 2 N–H and O–H groups in total. The molecule has 1 atom stereocenters. The number of rotatable bonds is 2. The van der Waals surface area contributed by atoms with Crippen LogP contribution in [0.25, 0.3) is 0 Å². The van der Waals surface area contributed by atoms with Gasteiger partial charge in [-0.05, 0) is 49.6 Å². The van der Waals surface area contributed by atoms with E-state index in [0.29, 0.717) is 6.04 Å². The van der Waals surface area contributed by atoms with Crippen LogP contribution in [0.4, 0.5) is 0 Å². The van der Waals surface area contributed by atoms with Crippen molar-refractivity contribution in [1.29, 1.82) is 0 Å². The second-order valence-electron chi connectivity index (χ2n) is 5.43. The predicted molar refractivity (Wildman–Crippen MR) is 68.2 cm³/mol. The summed E-state index contributed by atoms with van der Waals surface area (Å²) in [5, 5.41) is 0. The number of likely N-dealkylation sites (N-methyl/N-ethyl adjacent to an activating group) is 1. The summed E-state index contributed by atoms with van der Waals surface area (Å²) < 4.78 is 5.34. The lowest BCUT2D eigenvalue weighted by molar-refractivity contribution is 0.189. The lowest BCUT2D eigenvalue weighted by atomic mass is 9.87. The highest BCUT2D eigenvalue weighted by atomic mass is 16.5. The normalized spacial score (nSPS) is 26.4. The van der Waals surface area contributed by atoms with Crippen molar-refractivity contribution in [2.45, 2.75) is 30.8 Å². The summed E-state index contributed by atoms with van der Waals surface area (Å²) in [5.74, 6) is 0.938. The fraction of sp³-hybridized carbons (Fsp3) is 0.571. The van der Waals surface area contributed by atoms with E-state index in [1.54, 1.807) is 7.11 Å². The molecule has 0 bridgehead atoms. The molecule has 0 saturated heterocycles. The van der Waals surface area contributed by atoms with Crippen LogP contribution in [0.5, 0.6) is 5.75 Å². The van der Waals surface area contributed by atoms with Gasteiger partial charge in [-0.3, -0.25) is 4.90 Å². The number of methoxy groups -OCH3 is 1. The van der Waals surface area contributed by atoms with E-state index < -0.39 is 0 Å². The van der Waals surface area contributed by atoms with Crippen molar-refractivity contribution in [1.82, 2.24) is 4.90 Å². The quantitative estimate of drug-likeness (QED) is 0.843. The zero-order valence-electron chi connectivity index (χ0n) is 10.6. The second kappa shape index (κ2) is 3.72. The van der Waals surface area contributed by atoms with Crippen LogP contribution in [0.2, 0.25) is 0 Å². The number of hydrogen-bond donors (Lipinski definition) is 1. The summed E-state index contributed by atoms with van der Waals surface area (Å²) in [7, 11) is 3.90. The molecule has 17 heavy (non-hydrogen) atoms. The van der Waals surface area contributed by atoms with E-state index in [0.717, 1.165) is 31.6 Å². The number of ether oxygens (including phenoxy) is 1. The molecule has 0 spiro atoms. The Morgan fingerprint density at radius 2 is 2.18 bits per heavy atom. The van der Waals surface area contributed by atoms with Crippen molar-refractivity contribution in [3.05, 3.63) is 29.3 Å². The van der Waals surface area contributed by atoms with Crippen LogP contribution in [0.15, 0.2) is 18.2 Å². The van der Waals surface area contributed by atoms with Crippen molar-refractivity contribution in [2.24, 2.45) is 5.73 Å². The van der Waals surface area contributed by atoms with E-state index in [-0.39, 0.29) is 5.54 Å².